The second-order valence-corrected chi connectivity index (χ2v) is 8.11. The van der Waals surface area contributed by atoms with E-state index in [2.05, 4.69) is 20.8 Å². The van der Waals surface area contributed by atoms with Gasteiger partial charge in [-0.05, 0) is 24.3 Å². The predicted molar refractivity (Wildman–Crippen MR) is 111 cm³/mol. The molecule has 1 saturated heterocycles. The van der Waals surface area contributed by atoms with Crippen LogP contribution in [0, 0.1) is 5.82 Å². The summed E-state index contributed by atoms with van der Waals surface area (Å²) < 4.78 is 47.4. The highest BCUT2D eigenvalue weighted by Gasteiger charge is 2.38. The number of carboxylic acids is 1. The van der Waals surface area contributed by atoms with E-state index in [1.165, 1.54) is 17.4 Å². The molecule has 4 rings (SSSR count). The third-order valence-corrected chi connectivity index (χ3v) is 5.85. The molecule has 1 aromatic carbocycles. The lowest BCUT2D eigenvalue weighted by Gasteiger charge is -2.23. The van der Waals surface area contributed by atoms with Gasteiger partial charge in [-0.25, -0.2) is 9.18 Å². The van der Waals surface area contributed by atoms with E-state index in [-0.39, 0.29) is 11.7 Å². The van der Waals surface area contributed by atoms with Crippen LogP contribution in [-0.2, 0) is 18.4 Å². The molecule has 8 nitrogen and oxygen atoms in total. The summed E-state index contributed by atoms with van der Waals surface area (Å²) in [6.07, 6.45) is -5.08. The van der Waals surface area contributed by atoms with E-state index in [9.17, 15) is 22.4 Å². The minimum absolute atomic E-state index is 0.225. The topological polar surface area (TPSA) is 109 Å². The van der Waals surface area contributed by atoms with Crippen molar-refractivity contribution >= 4 is 23.2 Å². The Bertz CT molecular complexity index is 1140. The van der Waals surface area contributed by atoms with Crippen LogP contribution in [0.3, 0.4) is 0 Å². The second kappa shape index (κ2) is 10.1. The number of aromatic nitrogens is 3. The van der Waals surface area contributed by atoms with E-state index in [0.29, 0.717) is 29.4 Å². The second-order valence-electron chi connectivity index (χ2n) is 7.02. The highest BCUT2D eigenvalue weighted by Crippen LogP contribution is 2.25. The Balaban J connectivity index is 0.000000383. The fourth-order valence-electron chi connectivity index (χ4n) is 2.89. The normalized spacial score (nSPS) is 13.6. The summed E-state index contributed by atoms with van der Waals surface area (Å²) in [7, 11) is 1.75. The predicted octanol–water partition coefficient (Wildman–Crippen LogP) is 2.93. The van der Waals surface area contributed by atoms with Crippen molar-refractivity contribution in [2.75, 3.05) is 13.1 Å². The Morgan fingerprint density at radius 2 is 1.88 bits per heavy atom. The first-order valence-corrected chi connectivity index (χ1v) is 10.4. The van der Waals surface area contributed by atoms with Crippen LogP contribution in [0.4, 0.5) is 17.6 Å². The number of hydrogen-bond acceptors (Lipinski definition) is 6. The van der Waals surface area contributed by atoms with Gasteiger partial charge in [-0.2, -0.15) is 13.2 Å². The molecule has 0 unspecified atom stereocenters. The highest BCUT2D eigenvalue weighted by molar-refractivity contribution is 7.11. The van der Waals surface area contributed by atoms with Gasteiger partial charge in [-0.3, -0.25) is 4.79 Å². The number of carboxylic acid groups (broad SMARTS) is 1. The summed E-state index contributed by atoms with van der Waals surface area (Å²) in [5, 5.41) is 23.3. The summed E-state index contributed by atoms with van der Waals surface area (Å²) in [5.41, 5.74) is 1.59. The fraction of sp³-hybridized carbons (Fsp3) is 0.300. The van der Waals surface area contributed by atoms with Crippen LogP contribution < -0.4 is 10.6 Å². The van der Waals surface area contributed by atoms with Crippen molar-refractivity contribution in [1.29, 1.82) is 0 Å². The van der Waals surface area contributed by atoms with Gasteiger partial charge in [0.2, 0.25) is 0 Å². The monoisotopic (exact) mass is 485 g/mol. The summed E-state index contributed by atoms with van der Waals surface area (Å²) in [6.45, 7) is 2.20. The van der Waals surface area contributed by atoms with Crippen LogP contribution in [0.2, 0.25) is 0 Å². The summed E-state index contributed by atoms with van der Waals surface area (Å²) >= 11 is 1.53. The number of hydrogen-bond donors (Lipinski definition) is 3. The largest absolute Gasteiger partial charge is 0.490 e. The number of amides is 1. The molecule has 3 heterocycles. The maximum atomic E-state index is 14.0. The Morgan fingerprint density at radius 3 is 2.45 bits per heavy atom. The lowest BCUT2D eigenvalue weighted by atomic mass is 10.1. The van der Waals surface area contributed by atoms with Crippen LogP contribution in [-0.4, -0.2) is 51.0 Å². The van der Waals surface area contributed by atoms with Crippen LogP contribution in [0.25, 0.3) is 11.3 Å². The molecule has 0 atom stereocenters. The molecule has 176 valence electrons. The fourth-order valence-corrected chi connectivity index (χ4v) is 3.77. The Labute approximate surface area is 189 Å². The zero-order chi connectivity index (χ0) is 24.2. The lowest BCUT2D eigenvalue weighted by molar-refractivity contribution is -0.192. The Kier molecular flexibility index (Phi) is 7.43. The van der Waals surface area contributed by atoms with E-state index < -0.39 is 12.1 Å². The molecule has 0 radical (unpaired) electrons. The molecule has 33 heavy (non-hydrogen) atoms. The average molecular weight is 485 g/mol. The molecule has 13 heteroatoms. The molecular formula is C20H19F4N5O3S. The SMILES string of the molecule is Cn1c(C(=O)NCc2nnc(C3CNC3)s2)ccc1-c1ccccc1F.O=C(O)C(F)(F)F. The minimum Gasteiger partial charge on any atom is -0.475 e. The van der Waals surface area contributed by atoms with E-state index in [4.69, 9.17) is 9.90 Å². The molecule has 3 aromatic rings. The molecule has 0 aliphatic carbocycles. The average Bonchev–Trinajstić information content (AvgIpc) is 3.32. The van der Waals surface area contributed by atoms with Gasteiger partial charge < -0.3 is 20.3 Å². The van der Waals surface area contributed by atoms with E-state index in [1.54, 1.807) is 41.9 Å². The van der Waals surface area contributed by atoms with Crippen LogP contribution in [0.1, 0.15) is 26.4 Å². The zero-order valence-corrected chi connectivity index (χ0v) is 18.0. The number of nitrogens with one attached hydrogen (secondary N) is 2. The molecule has 1 aliphatic heterocycles. The smallest absolute Gasteiger partial charge is 0.475 e. The number of rotatable bonds is 5. The summed E-state index contributed by atoms with van der Waals surface area (Å²) in [6, 6.07) is 9.97. The first kappa shape index (κ1) is 24.3. The Morgan fingerprint density at radius 1 is 1.21 bits per heavy atom. The minimum atomic E-state index is -5.08. The van der Waals surface area contributed by atoms with E-state index in [0.717, 1.165) is 23.1 Å². The quantitative estimate of drug-likeness (QED) is 0.480. The van der Waals surface area contributed by atoms with Gasteiger partial charge in [0.25, 0.3) is 5.91 Å². The molecule has 0 saturated carbocycles. The lowest BCUT2D eigenvalue weighted by Crippen LogP contribution is -2.39. The molecule has 1 fully saturated rings. The van der Waals surface area contributed by atoms with Gasteiger partial charge in [0.05, 0.1) is 12.2 Å². The van der Waals surface area contributed by atoms with Crippen LogP contribution in [0.15, 0.2) is 36.4 Å². The van der Waals surface area contributed by atoms with Crippen molar-refractivity contribution in [1.82, 2.24) is 25.4 Å². The zero-order valence-electron chi connectivity index (χ0n) is 17.2. The summed E-state index contributed by atoms with van der Waals surface area (Å²) in [4.78, 5) is 21.4. The third-order valence-electron chi connectivity index (χ3n) is 4.76. The molecule has 0 spiro atoms. The van der Waals surface area contributed by atoms with Gasteiger partial charge in [-0.15, -0.1) is 10.2 Å². The van der Waals surface area contributed by atoms with Crippen molar-refractivity contribution in [3.8, 4) is 11.3 Å². The van der Waals surface area contributed by atoms with Gasteiger partial charge in [-0.1, -0.05) is 23.5 Å². The van der Waals surface area contributed by atoms with Gasteiger partial charge in [0.15, 0.2) is 0 Å². The van der Waals surface area contributed by atoms with Crippen LogP contribution >= 0.6 is 11.3 Å². The Hall–Kier alpha value is -3.32. The third kappa shape index (κ3) is 5.93. The number of halogens is 4. The van der Waals surface area contributed by atoms with Crippen LogP contribution in [0.5, 0.6) is 0 Å². The first-order valence-electron chi connectivity index (χ1n) is 9.60. The molecule has 0 bridgehead atoms. The van der Waals surface area contributed by atoms with Gasteiger partial charge in [0.1, 0.15) is 21.5 Å². The van der Waals surface area contributed by atoms with Gasteiger partial charge >= 0.3 is 12.1 Å². The maximum Gasteiger partial charge on any atom is 0.490 e. The molecular weight excluding hydrogens is 466 g/mol. The van der Waals surface area contributed by atoms with E-state index in [1.807, 2.05) is 0 Å². The van der Waals surface area contributed by atoms with E-state index >= 15 is 0 Å². The number of carbonyl (C=O) groups excluding carboxylic acids is 1. The molecule has 1 amide bonds. The number of carbonyl (C=O) groups is 2. The first-order chi connectivity index (χ1) is 15.6. The van der Waals surface area contributed by atoms with Gasteiger partial charge in [0, 0.05) is 31.6 Å². The standard InChI is InChI=1S/C18H18FN5OS.C2HF3O2/c1-24-14(12-4-2-3-5-13(12)19)6-7-15(24)17(25)21-10-16-22-23-18(26-16)11-8-20-9-11;3-2(4,5)1(6)7/h2-7,11,20H,8-10H2,1H3,(H,21,25);(H,6,7). The number of benzene rings is 1. The van der Waals surface area contributed by atoms with Crippen molar-refractivity contribution < 1.29 is 32.3 Å². The number of aliphatic carboxylic acids is 1. The molecule has 3 N–H and O–H groups in total. The molecule has 2 aromatic heterocycles. The van der Waals surface area contributed by atoms with Crippen molar-refractivity contribution in [3.05, 3.63) is 57.9 Å². The van der Waals surface area contributed by atoms with Crippen molar-refractivity contribution in [2.24, 2.45) is 7.05 Å². The van der Waals surface area contributed by atoms with Crippen molar-refractivity contribution in [2.45, 2.75) is 18.6 Å². The number of nitrogens with zero attached hydrogens (tertiary/aromatic N) is 3. The summed E-state index contributed by atoms with van der Waals surface area (Å²) in [5.74, 6) is -2.86. The highest BCUT2D eigenvalue weighted by atomic mass is 32.1. The maximum absolute atomic E-state index is 14.0. The van der Waals surface area contributed by atoms with Crippen molar-refractivity contribution in [3.63, 3.8) is 0 Å². The number of alkyl halides is 3. The molecule has 1 aliphatic rings.